The average Bonchev–Trinajstić information content (AvgIpc) is 2.66. The minimum atomic E-state index is -0.584. The lowest BCUT2D eigenvalue weighted by Gasteiger charge is -2.00. The van der Waals surface area contributed by atoms with E-state index in [1.54, 1.807) is 6.07 Å². The molecule has 1 heterocycles. The summed E-state index contributed by atoms with van der Waals surface area (Å²) < 4.78 is 14.3. The number of esters is 1. The Hall–Kier alpha value is -1.62. The number of furan rings is 1. The van der Waals surface area contributed by atoms with E-state index in [4.69, 9.17) is 9.15 Å². The molecule has 0 aromatic carbocycles. The van der Waals surface area contributed by atoms with Gasteiger partial charge in [0, 0.05) is 12.7 Å². The summed E-state index contributed by atoms with van der Waals surface area (Å²) in [5.41, 5.74) is 0.631. The zero-order valence-electron chi connectivity index (χ0n) is 8.61. The molecule has 0 spiro atoms. The van der Waals surface area contributed by atoms with Gasteiger partial charge < -0.3 is 13.9 Å². The van der Waals surface area contributed by atoms with Gasteiger partial charge in [-0.05, 0) is 6.07 Å². The van der Waals surface area contributed by atoms with Gasteiger partial charge in [-0.25, -0.2) is 0 Å². The number of ketones is 1. The van der Waals surface area contributed by atoms with Crippen molar-refractivity contribution >= 4 is 11.8 Å². The highest BCUT2D eigenvalue weighted by molar-refractivity contribution is 6.05. The molecule has 0 atom stereocenters. The predicted molar refractivity (Wildman–Crippen MR) is 50.4 cm³/mol. The molecule has 0 saturated heterocycles. The number of hydrogen-bond acceptors (Lipinski definition) is 5. The van der Waals surface area contributed by atoms with Crippen molar-refractivity contribution in [3.63, 3.8) is 0 Å². The van der Waals surface area contributed by atoms with Gasteiger partial charge in [0.15, 0.2) is 5.76 Å². The number of ether oxygens (including phenoxy) is 2. The molecule has 5 nitrogen and oxygen atoms in total. The first-order chi connectivity index (χ1) is 7.19. The second-order valence-electron chi connectivity index (χ2n) is 2.88. The van der Waals surface area contributed by atoms with Crippen LogP contribution in [0.2, 0.25) is 0 Å². The quantitative estimate of drug-likeness (QED) is 0.416. The summed E-state index contributed by atoms with van der Waals surface area (Å²) in [5, 5.41) is 0. The van der Waals surface area contributed by atoms with Gasteiger partial charge in [0.2, 0.25) is 5.78 Å². The highest BCUT2D eigenvalue weighted by Crippen LogP contribution is 2.14. The molecule has 5 heteroatoms. The number of carbonyl (C=O) groups is 2. The Balaban J connectivity index is 2.72. The van der Waals surface area contributed by atoms with Crippen molar-refractivity contribution in [3.8, 4) is 0 Å². The molecule has 15 heavy (non-hydrogen) atoms. The summed E-state index contributed by atoms with van der Waals surface area (Å²) in [6.07, 6.45) is 1.07. The fraction of sp³-hybridized carbons (Fsp3) is 0.400. The fourth-order valence-corrected chi connectivity index (χ4v) is 1.13. The summed E-state index contributed by atoms with van der Waals surface area (Å²) in [5.74, 6) is -0.832. The van der Waals surface area contributed by atoms with Crippen molar-refractivity contribution < 1.29 is 23.5 Å². The molecule has 0 unspecified atom stereocenters. The molecule has 1 aromatic heterocycles. The van der Waals surface area contributed by atoms with Crippen LogP contribution in [0.1, 0.15) is 22.5 Å². The Morgan fingerprint density at radius 3 is 2.73 bits per heavy atom. The van der Waals surface area contributed by atoms with Crippen LogP contribution in [-0.4, -0.2) is 26.0 Å². The molecule has 0 amide bonds. The van der Waals surface area contributed by atoms with Crippen molar-refractivity contribution in [1.29, 1.82) is 0 Å². The van der Waals surface area contributed by atoms with E-state index in [0.717, 1.165) is 0 Å². The lowest BCUT2D eigenvalue weighted by molar-refractivity contribution is -0.139. The molecular weight excluding hydrogens is 200 g/mol. The van der Waals surface area contributed by atoms with Crippen LogP contribution in [0.3, 0.4) is 0 Å². The van der Waals surface area contributed by atoms with E-state index in [-0.39, 0.29) is 18.8 Å². The van der Waals surface area contributed by atoms with Crippen LogP contribution >= 0.6 is 0 Å². The predicted octanol–water partition coefficient (Wildman–Crippen LogP) is 1.17. The molecule has 82 valence electrons. The number of rotatable bonds is 5. The standard InChI is InChI=1S/C10H12O5/c1-13-6-7-3-4-15-10(7)8(11)5-9(12)14-2/h3-4H,5-6H2,1-2H3. The molecule has 0 aliphatic carbocycles. The first-order valence-electron chi connectivity index (χ1n) is 4.34. The van der Waals surface area contributed by atoms with E-state index in [0.29, 0.717) is 5.56 Å². The van der Waals surface area contributed by atoms with Crippen molar-refractivity contribution in [1.82, 2.24) is 0 Å². The second kappa shape index (κ2) is 5.31. The molecule has 1 aromatic rings. The maximum atomic E-state index is 11.5. The van der Waals surface area contributed by atoms with Crippen molar-refractivity contribution in [3.05, 3.63) is 23.7 Å². The largest absolute Gasteiger partial charge is 0.469 e. The van der Waals surface area contributed by atoms with Crippen molar-refractivity contribution in [2.24, 2.45) is 0 Å². The van der Waals surface area contributed by atoms with Gasteiger partial charge >= 0.3 is 5.97 Å². The molecule has 0 aliphatic rings. The zero-order chi connectivity index (χ0) is 11.3. The van der Waals surface area contributed by atoms with Gasteiger partial charge in [0.1, 0.15) is 6.42 Å². The third kappa shape index (κ3) is 2.92. The summed E-state index contributed by atoms with van der Waals surface area (Å²) in [4.78, 5) is 22.4. The first-order valence-corrected chi connectivity index (χ1v) is 4.34. The molecule has 0 radical (unpaired) electrons. The van der Waals surface area contributed by atoms with Gasteiger partial charge in [0.25, 0.3) is 0 Å². The summed E-state index contributed by atoms with van der Waals surface area (Å²) in [7, 11) is 2.75. The average molecular weight is 212 g/mol. The van der Waals surface area contributed by atoms with Crippen LogP contribution in [0, 0.1) is 0 Å². The van der Waals surface area contributed by atoms with Gasteiger partial charge in [-0.2, -0.15) is 0 Å². The fourth-order valence-electron chi connectivity index (χ4n) is 1.13. The van der Waals surface area contributed by atoms with Crippen molar-refractivity contribution in [2.75, 3.05) is 14.2 Å². The van der Waals surface area contributed by atoms with E-state index < -0.39 is 11.8 Å². The third-order valence-corrected chi connectivity index (χ3v) is 1.83. The molecule has 0 N–H and O–H groups in total. The first kappa shape index (κ1) is 11.5. The molecular formula is C10H12O5. The maximum Gasteiger partial charge on any atom is 0.313 e. The SMILES string of the molecule is COCc1ccoc1C(=O)CC(=O)OC. The molecule has 1 rings (SSSR count). The monoisotopic (exact) mass is 212 g/mol. The minimum Gasteiger partial charge on any atom is -0.469 e. The highest BCUT2D eigenvalue weighted by Gasteiger charge is 2.18. The van der Waals surface area contributed by atoms with Gasteiger partial charge in [-0.15, -0.1) is 0 Å². The Kier molecular flexibility index (Phi) is 4.05. The van der Waals surface area contributed by atoms with Gasteiger partial charge in [-0.3, -0.25) is 9.59 Å². The van der Waals surface area contributed by atoms with Gasteiger partial charge in [-0.1, -0.05) is 0 Å². The molecule has 0 saturated carbocycles. The summed E-state index contributed by atoms with van der Waals surface area (Å²) in [6, 6.07) is 1.63. The Bertz CT molecular complexity index is 352. The van der Waals surface area contributed by atoms with Crippen LogP contribution in [0.4, 0.5) is 0 Å². The van der Waals surface area contributed by atoms with E-state index in [1.807, 2.05) is 0 Å². The molecule has 0 bridgehead atoms. The second-order valence-corrected chi connectivity index (χ2v) is 2.88. The van der Waals surface area contributed by atoms with E-state index in [2.05, 4.69) is 4.74 Å². The number of carbonyl (C=O) groups excluding carboxylic acids is 2. The highest BCUT2D eigenvalue weighted by atomic mass is 16.5. The smallest absolute Gasteiger partial charge is 0.313 e. The Morgan fingerprint density at radius 2 is 2.13 bits per heavy atom. The van der Waals surface area contributed by atoms with Crippen molar-refractivity contribution in [2.45, 2.75) is 13.0 Å². The van der Waals surface area contributed by atoms with Crippen LogP contribution in [0.5, 0.6) is 0 Å². The summed E-state index contributed by atoms with van der Waals surface area (Å²) >= 11 is 0. The van der Waals surface area contributed by atoms with Gasteiger partial charge in [0.05, 0.1) is 20.0 Å². The molecule has 0 fully saturated rings. The third-order valence-electron chi connectivity index (χ3n) is 1.83. The lowest BCUT2D eigenvalue weighted by Crippen LogP contribution is -2.10. The topological polar surface area (TPSA) is 65.7 Å². The summed E-state index contributed by atoms with van der Waals surface area (Å²) in [6.45, 7) is 0.277. The maximum absolute atomic E-state index is 11.5. The number of Topliss-reactive ketones (excluding diaryl/α,β-unsaturated/α-hetero) is 1. The van der Waals surface area contributed by atoms with Crippen LogP contribution in [0.15, 0.2) is 16.7 Å². The number of methoxy groups -OCH3 is 2. The van der Waals surface area contributed by atoms with E-state index in [1.165, 1.54) is 20.5 Å². The van der Waals surface area contributed by atoms with Crippen LogP contribution in [0.25, 0.3) is 0 Å². The Labute approximate surface area is 87.0 Å². The van der Waals surface area contributed by atoms with Crippen LogP contribution in [-0.2, 0) is 20.9 Å². The van der Waals surface area contributed by atoms with E-state index in [9.17, 15) is 9.59 Å². The lowest BCUT2D eigenvalue weighted by atomic mass is 10.1. The van der Waals surface area contributed by atoms with E-state index >= 15 is 0 Å². The normalized spacial score (nSPS) is 10.0. The zero-order valence-corrected chi connectivity index (χ0v) is 8.61. The Morgan fingerprint density at radius 1 is 1.40 bits per heavy atom. The number of hydrogen-bond donors (Lipinski definition) is 0. The molecule has 0 aliphatic heterocycles. The van der Waals surface area contributed by atoms with Crippen LogP contribution < -0.4 is 0 Å². The minimum absolute atomic E-state index is 0.155.